The molecule has 0 spiro atoms. The first-order valence-corrected chi connectivity index (χ1v) is 11.7. The number of benzene rings is 2. The van der Waals surface area contributed by atoms with Gasteiger partial charge in [0.2, 0.25) is 5.76 Å². The van der Waals surface area contributed by atoms with Crippen LogP contribution >= 0.6 is 0 Å². The summed E-state index contributed by atoms with van der Waals surface area (Å²) in [5.74, 6) is 0.595. The van der Waals surface area contributed by atoms with Crippen molar-refractivity contribution in [1.82, 2.24) is 9.88 Å². The summed E-state index contributed by atoms with van der Waals surface area (Å²) in [6.07, 6.45) is 6.67. The quantitative estimate of drug-likeness (QED) is 0.329. The molecule has 0 bridgehead atoms. The van der Waals surface area contributed by atoms with Gasteiger partial charge in [-0.05, 0) is 53.9 Å². The average molecular weight is 455 g/mol. The second-order valence-electron chi connectivity index (χ2n) is 8.49. The molecule has 6 heteroatoms. The van der Waals surface area contributed by atoms with E-state index in [1.165, 1.54) is 0 Å². The first-order valence-electron chi connectivity index (χ1n) is 11.7. The van der Waals surface area contributed by atoms with Crippen LogP contribution in [0.4, 0.5) is 0 Å². The van der Waals surface area contributed by atoms with Crippen molar-refractivity contribution in [2.45, 2.75) is 38.8 Å². The van der Waals surface area contributed by atoms with Crippen LogP contribution in [-0.2, 0) is 6.54 Å². The highest BCUT2D eigenvalue weighted by Gasteiger charge is 2.42. The second kappa shape index (κ2) is 9.51. The van der Waals surface area contributed by atoms with Gasteiger partial charge in [0.1, 0.15) is 11.3 Å². The molecule has 0 aliphatic carbocycles. The number of fused-ring (bicyclic) bond motifs is 2. The number of ether oxygens (including phenoxy) is 1. The molecule has 1 atom stereocenters. The van der Waals surface area contributed by atoms with Gasteiger partial charge in [-0.2, -0.15) is 0 Å². The highest BCUT2D eigenvalue weighted by Crippen LogP contribution is 2.39. The van der Waals surface area contributed by atoms with E-state index < -0.39 is 6.04 Å². The fourth-order valence-corrected chi connectivity index (χ4v) is 4.45. The molecule has 1 aliphatic rings. The van der Waals surface area contributed by atoms with Crippen molar-refractivity contribution in [2.75, 3.05) is 6.61 Å². The SMILES string of the molecule is CCCCCOc1ccc(C2c3c(oc4ccccc4c3=O)C(=O)N2Cc2ccncc2)cc1. The maximum atomic E-state index is 13.5. The first-order chi connectivity index (χ1) is 16.7. The zero-order valence-electron chi connectivity index (χ0n) is 19.1. The van der Waals surface area contributed by atoms with Crippen molar-refractivity contribution < 1.29 is 13.9 Å². The van der Waals surface area contributed by atoms with Crippen molar-refractivity contribution in [1.29, 1.82) is 0 Å². The van der Waals surface area contributed by atoms with E-state index in [2.05, 4.69) is 11.9 Å². The molecular formula is C28H26N2O4. The summed E-state index contributed by atoms with van der Waals surface area (Å²) >= 11 is 0. The zero-order chi connectivity index (χ0) is 23.5. The summed E-state index contributed by atoms with van der Waals surface area (Å²) in [6, 6.07) is 17.9. The number of para-hydroxylation sites is 1. The molecule has 0 radical (unpaired) electrons. The molecule has 3 heterocycles. The van der Waals surface area contributed by atoms with Gasteiger partial charge in [-0.3, -0.25) is 14.6 Å². The lowest BCUT2D eigenvalue weighted by Crippen LogP contribution is -2.29. The van der Waals surface area contributed by atoms with E-state index in [0.717, 1.165) is 36.1 Å². The van der Waals surface area contributed by atoms with E-state index >= 15 is 0 Å². The predicted octanol–water partition coefficient (Wildman–Crippen LogP) is 5.50. The van der Waals surface area contributed by atoms with Crippen LogP contribution in [0.1, 0.15) is 59.5 Å². The number of nitrogens with zero attached hydrogens (tertiary/aromatic N) is 2. The minimum absolute atomic E-state index is 0.114. The third-order valence-corrected chi connectivity index (χ3v) is 6.19. The Hall–Kier alpha value is -3.93. The number of hydrogen-bond acceptors (Lipinski definition) is 5. The van der Waals surface area contributed by atoms with Crippen LogP contribution in [0.2, 0.25) is 0 Å². The van der Waals surface area contributed by atoms with Crippen molar-refractivity contribution in [3.63, 3.8) is 0 Å². The topological polar surface area (TPSA) is 72.6 Å². The van der Waals surface area contributed by atoms with Gasteiger partial charge in [0.15, 0.2) is 5.43 Å². The largest absolute Gasteiger partial charge is 0.494 e. The second-order valence-corrected chi connectivity index (χ2v) is 8.49. The van der Waals surface area contributed by atoms with Gasteiger partial charge in [-0.1, -0.05) is 44.0 Å². The molecule has 5 rings (SSSR count). The Morgan fingerprint density at radius 2 is 1.74 bits per heavy atom. The Balaban J connectivity index is 1.55. The number of carbonyl (C=O) groups is 1. The van der Waals surface area contributed by atoms with Crippen LogP contribution in [0.3, 0.4) is 0 Å². The van der Waals surface area contributed by atoms with E-state index in [0.29, 0.717) is 29.7 Å². The Labute approximate surface area is 197 Å². The molecule has 6 nitrogen and oxygen atoms in total. The van der Waals surface area contributed by atoms with Gasteiger partial charge in [-0.25, -0.2) is 0 Å². The fourth-order valence-electron chi connectivity index (χ4n) is 4.45. The number of rotatable bonds is 8. The van der Waals surface area contributed by atoms with E-state index in [-0.39, 0.29) is 17.1 Å². The molecule has 1 aliphatic heterocycles. The molecule has 172 valence electrons. The van der Waals surface area contributed by atoms with Crippen LogP contribution in [0, 0.1) is 0 Å². The average Bonchev–Trinajstić information content (AvgIpc) is 3.14. The summed E-state index contributed by atoms with van der Waals surface area (Å²) in [5.41, 5.74) is 2.39. The Morgan fingerprint density at radius 3 is 2.50 bits per heavy atom. The highest BCUT2D eigenvalue weighted by atomic mass is 16.5. The molecule has 0 N–H and O–H groups in total. The lowest BCUT2D eigenvalue weighted by Gasteiger charge is -2.25. The standard InChI is InChI=1S/C28H26N2O4/c1-2-3-6-17-33-21-11-9-20(10-12-21)25-24-26(31)22-7-4-5-8-23(22)34-27(24)28(32)30(25)18-19-13-15-29-16-14-19/h4-5,7-16,25H,2-3,6,17-18H2,1H3. The van der Waals surface area contributed by atoms with Gasteiger partial charge in [0.05, 0.1) is 23.6 Å². The summed E-state index contributed by atoms with van der Waals surface area (Å²) in [4.78, 5) is 32.8. The number of hydrogen-bond donors (Lipinski definition) is 0. The van der Waals surface area contributed by atoms with E-state index in [4.69, 9.17) is 9.15 Å². The van der Waals surface area contributed by atoms with Gasteiger partial charge in [-0.15, -0.1) is 0 Å². The molecule has 0 saturated carbocycles. The van der Waals surface area contributed by atoms with Gasteiger partial charge in [0.25, 0.3) is 5.91 Å². The smallest absolute Gasteiger partial charge is 0.291 e. The lowest BCUT2D eigenvalue weighted by molar-refractivity contribution is 0.0714. The summed E-state index contributed by atoms with van der Waals surface area (Å²) in [6.45, 7) is 3.16. The van der Waals surface area contributed by atoms with Crippen LogP contribution in [0.25, 0.3) is 11.0 Å². The Morgan fingerprint density at radius 1 is 0.971 bits per heavy atom. The molecule has 2 aromatic heterocycles. The lowest BCUT2D eigenvalue weighted by atomic mass is 9.98. The van der Waals surface area contributed by atoms with Crippen molar-refractivity contribution in [3.8, 4) is 5.75 Å². The fraction of sp³-hybridized carbons (Fsp3) is 0.250. The van der Waals surface area contributed by atoms with Gasteiger partial charge in [0, 0.05) is 18.9 Å². The minimum atomic E-state index is -0.550. The van der Waals surface area contributed by atoms with Crippen LogP contribution < -0.4 is 10.2 Å². The molecular weight excluding hydrogens is 428 g/mol. The summed E-state index contributed by atoms with van der Waals surface area (Å²) in [5, 5.41) is 0.473. The minimum Gasteiger partial charge on any atom is -0.494 e. The van der Waals surface area contributed by atoms with Crippen molar-refractivity contribution in [3.05, 3.63) is 106 Å². The normalized spacial score (nSPS) is 15.0. The maximum Gasteiger partial charge on any atom is 0.291 e. The van der Waals surface area contributed by atoms with Crippen LogP contribution in [0.5, 0.6) is 5.75 Å². The van der Waals surface area contributed by atoms with E-state index in [1.54, 1.807) is 41.6 Å². The molecule has 4 aromatic rings. The zero-order valence-corrected chi connectivity index (χ0v) is 19.1. The highest BCUT2D eigenvalue weighted by molar-refractivity contribution is 5.99. The third kappa shape index (κ3) is 4.07. The van der Waals surface area contributed by atoms with Crippen LogP contribution in [0.15, 0.2) is 82.3 Å². The van der Waals surface area contributed by atoms with Gasteiger partial charge < -0.3 is 14.1 Å². The first kappa shape index (κ1) is 21.9. The van der Waals surface area contributed by atoms with E-state index in [9.17, 15) is 9.59 Å². The molecule has 0 saturated heterocycles. The third-order valence-electron chi connectivity index (χ3n) is 6.19. The number of unbranched alkanes of at least 4 members (excludes halogenated alkanes) is 2. The monoisotopic (exact) mass is 454 g/mol. The van der Waals surface area contributed by atoms with Crippen molar-refractivity contribution >= 4 is 16.9 Å². The predicted molar refractivity (Wildman–Crippen MR) is 130 cm³/mol. The number of aromatic nitrogens is 1. The molecule has 34 heavy (non-hydrogen) atoms. The number of amides is 1. The molecule has 2 aromatic carbocycles. The van der Waals surface area contributed by atoms with Gasteiger partial charge >= 0.3 is 0 Å². The Bertz CT molecular complexity index is 1360. The van der Waals surface area contributed by atoms with Crippen molar-refractivity contribution in [2.24, 2.45) is 0 Å². The maximum absolute atomic E-state index is 13.5. The molecule has 1 amide bonds. The van der Waals surface area contributed by atoms with Crippen LogP contribution in [-0.4, -0.2) is 22.4 Å². The summed E-state index contributed by atoms with van der Waals surface area (Å²) in [7, 11) is 0. The molecule has 1 unspecified atom stereocenters. The Kier molecular flexibility index (Phi) is 6.12. The number of carbonyl (C=O) groups excluding carboxylic acids is 1. The number of pyridine rings is 1. The summed E-state index contributed by atoms with van der Waals surface area (Å²) < 4.78 is 11.8. The van der Waals surface area contributed by atoms with E-state index in [1.807, 2.05) is 36.4 Å². The molecule has 0 fully saturated rings.